The first kappa shape index (κ1) is 17.9. The predicted molar refractivity (Wildman–Crippen MR) is 103 cm³/mol. The van der Waals surface area contributed by atoms with E-state index in [1.807, 2.05) is 49.4 Å². The molecule has 0 aliphatic rings. The molecule has 1 aromatic heterocycles. The molecule has 0 saturated carbocycles. The number of aryl methyl sites for hydroxylation is 1. The highest BCUT2D eigenvalue weighted by atomic mass is 79.9. The van der Waals surface area contributed by atoms with Crippen LogP contribution >= 0.6 is 15.9 Å². The van der Waals surface area contributed by atoms with Crippen molar-refractivity contribution < 1.29 is 13.9 Å². The van der Waals surface area contributed by atoms with Gasteiger partial charge in [0, 0.05) is 4.47 Å². The number of amides is 1. The quantitative estimate of drug-likeness (QED) is 0.471. The third-order valence-electron chi connectivity index (χ3n) is 3.54. The van der Waals surface area contributed by atoms with E-state index < -0.39 is 0 Å². The van der Waals surface area contributed by atoms with Crippen LogP contribution in [0.25, 0.3) is 0 Å². The summed E-state index contributed by atoms with van der Waals surface area (Å²) in [5.74, 6) is 1.46. The Bertz CT molecular complexity index is 920. The van der Waals surface area contributed by atoms with Gasteiger partial charge in [0.1, 0.15) is 23.9 Å². The zero-order chi connectivity index (χ0) is 18.4. The number of benzene rings is 2. The molecule has 0 atom stereocenters. The van der Waals surface area contributed by atoms with Crippen LogP contribution in [0.5, 0.6) is 5.75 Å². The molecule has 1 N–H and O–H groups in total. The van der Waals surface area contributed by atoms with Crippen molar-refractivity contribution in [2.75, 3.05) is 0 Å². The highest BCUT2D eigenvalue weighted by Gasteiger charge is 2.13. The van der Waals surface area contributed by atoms with Gasteiger partial charge in [-0.05, 0) is 42.8 Å². The Labute approximate surface area is 159 Å². The van der Waals surface area contributed by atoms with Crippen molar-refractivity contribution in [3.63, 3.8) is 0 Å². The van der Waals surface area contributed by atoms with E-state index in [-0.39, 0.29) is 5.91 Å². The van der Waals surface area contributed by atoms with Crippen LogP contribution in [-0.4, -0.2) is 12.1 Å². The molecule has 0 aliphatic heterocycles. The van der Waals surface area contributed by atoms with E-state index in [0.29, 0.717) is 23.7 Å². The summed E-state index contributed by atoms with van der Waals surface area (Å²) in [5.41, 5.74) is 3.91. The molecule has 3 aromatic rings. The average Bonchev–Trinajstić information content (AvgIpc) is 3.06. The normalized spacial score (nSPS) is 10.8. The molecule has 0 bridgehead atoms. The van der Waals surface area contributed by atoms with Crippen molar-refractivity contribution >= 4 is 28.1 Å². The second-order valence-electron chi connectivity index (χ2n) is 5.56. The summed E-state index contributed by atoms with van der Waals surface area (Å²) in [5, 5.41) is 3.93. The molecule has 0 unspecified atom stereocenters. The molecule has 26 heavy (non-hydrogen) atoms. The Morgan fingerprint density at radius 1 is 1.19 bits per heavy atom. The number of carbonyl (C=O) groups is 1. The SMILES string of the molecule is Cc1ccc(/C=N\NC(=O)c2cc(Br)ccc2OCc2ccccc2)o1. The molecule has 1 heterocycles. The minimum absolute atomic E-state index is 0.367. The molecule has 0 aliphatic carbocycles. The van der Waals surface area contributed by atoms with Gasteiger partial charge in [-0.3, -0.25) is 4.79 Å². The number of furan rings is 1. The Kier molecular flexibility index (Phi) is 5.86. The van der Waals surface area contributed by atoms with E-state index in [4.69, 9.17) is 9.15 Å². The topological polar surface area (TPSA) is 63.8 Å². The fourth-order valence-corrected chi connectivity index (χ4v) is 2.64. The minimum atomic E-state index is -0.367. The summed E-state index contributed by atoms with van der Waals surface area (Å²) < 4.78 is 12.0. The van der Waals surface area contributed by atoms with Crippen molar-refractivity contribution in [3.8, 4) is 5.75 Å². The number of ether oxygens (including phenoxy) is 1. The molecule has 3 rings (SSSR count). The van der Waals surface area contributed by atoms with Crippen LogP contribution in [-0.2, 0) is 6.61 Å². The van der Waals surface area contributed by atoms with E-state index in [0.717, 1.165) is 15.8 Å². The molecule has 132 valence electrons. The molecule has 2 aromatic carbocycles. The second kappa shape index (κ2) is 8.49. The smallest absolute Gasteiger partial charge is 0.275 e. The van der Waals surface area contributed by atoms with Gasteiger partial charge in [-0.1, -0.05) is 46.3 Å². The maximum absolute atomic E-state index is 12.5. The van der Waals surface area contributed by atoms with Gasteiger partial charge in [0.25, 0.3) is 5.91 Å². The van der Waals surface area contributed by atoms with Gasteiger partial charge >= 0.3 is 0 Å². The lowest BCUT2D eigenvalue weighted by molar-refractivity contribution is 0.0950. The number of hydrogen-bond acceptors (Lipinski definition) is 4. The summed E-state index contributed by atoms with van der Waals surface area (Å²) in [4.78, 5) is 12.5. The zero-order valence-corrected chi connectivity index (χ0v) is 15.7. The Hall–Kier alpha value is -2.86. The molecule has 0 saturated heterocycles. The third kappa shape index (κ3) is 4.83. The summed E-state index contributed by atoms with van der Waals surface area (Å²) >= 11 is 3.38. The van der Waals surface area contributed by atoms with Gasteiger partial charge in [-0.2, -0.15) is 5.10 Å². The van der Waals surface area contributed by atoms with Crippen LogP contribution in [0.3, 0.4) is 0 Å². The van der Waals surface area contributed by atoms with Crippen molar-refractivity contribution in [1.29, 1.82) is 0 Å². The second-order valence-corrected chi connectivity index (χ2v) is 6.48. The summed E-state index contributed by atoms with van der Waals surface area (Å²) in [6.45, 7) is 2.21. The molecule has 5 nitrogen and oxygen atoms in total. The summed E-state index contributed by atoms with van der Waals surface area (Å²) in [6.07, 6.45) is 1.45. The van der Waals surface area contributed by atoms with E-state index in [2.05, 4.69) is 26.5 Å². The number of hydrazone groups is 1. The fraction of sp³-hybridized carbons (Fsp3) is 0.100. The first-order valence-corrected chi connectivity index (χ1v) is 8.77. The third-order valence-corrected chi connectivity index (χ3v) is 4.04. The number of carbonyl (C=O) groups excluding carboxylic acids is 1. The van der Waals surface area contributed by atoms with Crippen LogP contribution in [0.2, 0.25) is 0 Å². The maximum Gasteiger partial charge on any atom is 0.275 e. The van der Waals surface area contributed by atoms with Gasteiger partial charge < -0.3 is 9.15 Å². The number of halogens is 1. The Balaban J connectivity index is 1.70. The Morgan fingerprint density at radius 3 is 2.73 bits per heavy atom. The van der Waals surface area contributed by atoms with Gasteiger partial charge in [-0.25, -0.2) is 5.43 Å². The highest BCUT2D eigenvalue weighted by molar-refractivity contribution is 9.10. The number of hydrogen-bond donors (Lipinski definition) is 1. The van der Waals surface area contributed by atoms with Gasteiger partial charge in [0.05, 0.1) is 11.8 Å². The van der Waals surface area contributed by atoms with E-state index >= 15 is 0 Å². The molecule has 0 spiro atoms. The van der Waals surface area contributed by atoms with Crippen molar-refractivity contribution in [3.05, 3.63) is 87.8 Å². The predicted octanol–water partition coefficient (Wildman–Crippen LogP) is 4.69. The van der Waals surface area contributed by atoms with Crippen LogP contribution in [0.4, 0.5) is 0 Å². The van der Waals surface area contributed by atoms with Crippen molar-refractivity contribution in [1.82, 2.24) is 5.43 Å². The average molecular weight is 413 g/mol. The molecule has 0 fully saturated rings. The lowest BCUT2D eigenvalue weighted by Crippen LogP contribution is -2.18. The first-order chi connectivity index (χ1) is 12.6. The van der Waals surface area contributed by atoms with Crippen LogP contribution in [0, 0.1) is 6.92 Å². The molecular formula is C20H17BrN2O3. The number of rotatable bonds is 6. The fourth-order valence-electron chi connectivity index (χ4n) is 2.28. The van der Waals surface area contributed by atoms with Crippen molar-refractivity contribution in [2.45, 2.75) is 13.5 Å². The molecular weight excluding hydrogens is 396 g/mol. The van der Waals surface area contributed by atoms with Gasteiger partial charge in [-0.15, -0.1) is 0 Å². The van der Waals surface area contributed by atoms with E-state index in [9.17, 15) is 4.79 Å². The number of nitrogens with one attached hydrogen (secondary N) is 1. The first-order valence-electron chi connectivity index (χ1n) is 7.98. The van der Waals surface area contributed by atoms with Crippen molar-refractivity contribution in [2.24, 2.45) is 5.10 Å². The summed E-state index contributed by atoms with van der Waals surface area (Å²) in [7, 11) is 0. The minimum Gasteiger partial charge on any atom is -0.488 e. The summed E-state index contributed by atoms with van der Waals surface area (Å²) in [6, 6.07) is 18.6. The van der Waals surface area contributed by atoms with E-state index in [1.54, 1.807) is 18.2 Å². The lowest BCUT2D eigenvalue weighted by Gasteiger charge is -2.11. The number of nitrogens with zero attached hydrogens (tertiary/aromatic N) is 1. The van der Waals surface area contributed by atoms with Gasteiger partial charge in [0.2, 0.25) is 0 Å². The monoisotopic (exact) mass is 412 g/mol. The lowest BCUT2D eigenvalue weighted by atomic mass is 10.2. The highest BCUT2D eigenvalue weighted by Crippen LogP contribution is 2.24. The maximum atomic E-state index is 12.5. The molecule has 6 heteroatoms. The standard InChI is InChI=1S/C20H17BrN2O3/c1-14-7-9-17(26-14)12-22-23-20(24)18-11-16(21)8-10-19(18)25-13-15-5-3-2-4-6-15/h2-12H,13H2,1H3,(H,23,24)/b22-12-. The van der Waals surface area contributed by atoms with Crippen LogP contribution < -0.4 is 10.2 Å². The zero-order valence-electron chi connectivity index (χ0n) is 14.1. The molecule has 1 amide bonds. The van der Waals surface area contributed by atoms with Crippen LogP contribution in [0.15, 0.2) is 74.7 Å². The van der Waals surface area contributed by atoms with Crippen LogP contribution in [0.1, 0.15) is 27.4 Å². The molecule has 0 radical (unpaired) electrons. The Morgan fingerprint density at radius 2 is 2.00 bits per heavy atom. The van der Waals surface area contributed by atoms with Gasteiger partial charge in [0.15, 0.2) is 0 Å². The largest absolute Gasteiger partial charge is 0.488 e. The van der Waals surface area contributed by atoms with E-state index in [1.165, 1.54) is 6.21 Å².